The van der Waals surface area contributed by atoms with Crippen molar-refractivity contribution in [1.82, 2.24) is 24.4 Å². The van der Waals surface area contributed by atoms with E-state index in [1.165, 1.54) is 31.3 Å². The molecule has 5 rings (SSSR count). The maximum Gasteiger partial charge on any atom is 0.435 e. The van der Waals surface area contributed by atoms with Crippen LogP contribution in [0.3, 0.4) is 0 Å². The molecule has 0 saturated heterocycles. The Bertz CT molecular complexity index is 2030. The van der Waals surface area contributed by atoms with Gasteiger partial charge >= 0.3 is 12.3 Å². The van der Waals surface area contributed by atoms with Gasteiger partial charge in [-0.05, 0) is 62.2 Å². The first kappa shape index (κ1) is 36.3. The quantitative estimate of drug-likeness (QED) is 0.0643. The summed E-state index contributed by atoms with van der Waals surface area (Å²) in [6.07, 6.45) is -5.45. The van der Waals surface area contributed by atoms with Crippen LogP contribution in [-0.4, -0.2) is 77.9 Å². The van der Waals surface area contributed by atoms with Gasteiger partial charge in [-0.25, -0.2) is 27.5 Å². The van der Waals surface area contributed by atoms with Gasteiger partial charge in [-0.3, -0.25) is 9.59 Å². The highest BCUT2D eigenvalue weighted by atomic mass is 32.2. The summed E-state index contributed by atoms with van der Waals surface area (Å²) in [6.45, 7) is 1.17. The fraction of sp³-hybridized carbons (Fsp3) is 0.250. The lowest BCUT2D eigenvalue weighted by molar-refractivity contribution is -0.705. The van der Waals surface area contributed by atoms with Crippen LogP contribution in [-0.2, 0) is 25.8 Å². The average molecular weight is 730 g/mol. The first-order valence-corrected chi connectivity index (χ1v) is 16.6. The Hall–Kier alpha value is -5.98. The van der Waals surface area contributed by atoms with Crippen LogP contribution in [0.25, 0.3) is 16.9 Å². The number of nitrogens with zero attached hydrogens (tertiary/aromatic N) is 6. The van der Waals surface area contributed by atoms with E-state index < -0.39 is 46.5 Å². The van der Waals surface area contributed by atoms with E-state index in [2.05, 4.69) is 10.4 Å². The van der Waals surface area contributed by atoms with Gasteiger partial charge in [0.1, 0.15) is 0 Å². The Morgan fingerprint density at radius 3 is 2.24 bits per heavy atom. The molecule has 51 heavy (non-hydrogen) atoms. The summed E-state index contributed by atoms with van der Waals surface area (Å²) in [5.74, 6) is -1.15. The number of benzene rings is 3. The number of halogens is 3. The van der Waals surface area contributed by atoms with Gasteiger partial charge in [0.25, 0.3) is 21.8 Å². The minimum absolute atomic E-state index is 0.106. The smallest absolute Gasteiger partial charge is 0.435 e. The van der Waals surface area contributed by atoms with Gasteiger partial charge in [0.2, 0.25) is 12.0 Å². The van der Waals surface area contributed by atoms with Crippen molar-refractivity contribution < 1.29 is 50.5 Å². The number of rotatable bonds is 13. The first-order chi connectivity index (χ1) is 24.2. The zero-order valence-corrected chi connectivity index (χ0v) is 27.8. The van der Waals surface area contributed by atoms with Gasteiger partial charge in [-0.2, -0.15) is 18.3 Å². The summed E-state index contributed by atoms with van der Waals surface area (Å²) >= 11 is 0. The fourth-order valence-electron chi connectivity index (χ4n) is 4.86. The van der Waals surface area contributed by atoms with Crippen LogP contribution >= 0.6 is 0 Å². The Balaban J connectivity index is 1.08. The maximum absolute atomic E-state index is 13.5. The number of unbranched alkanes of at least 4 members (excludes halogenated alkanes) is 1. The van der Waals surface area contributed by atoms with Crippen molar-refractivity contribution >= 4 is 27.9 Å². The predicted molar refractivity (Wildman–Crippen MR) is 171 cm³/mol. The third-order valence-corrected chi connectivity index (χ3v) is 8.88. The second kappa shape index (κ2) is 14.9. The number of amides is 3. The lowest BCUT2D eigenvalue weighted by Crippen LogP contribution is -2.33. The number of aromatic nitrogens is 2. The van der Waals surface area contributed by atoms with E-state index in [1.54, 1.807) is 41.1 Å². The fourth-order valence-corrected chi connectivity index (χ4v) is 5.75. The summed E-state index contributed by atoms with van der Waals surface area (Å²) in [4.78, 5) is 42.3. The standard InChI is InChI=1S/C32H30F3N7O8S/c1-21-9-11-22(12-10-21)27-19-28(32(33,34)35)36-41(27)23-13-15-24(16-14-23)51(47,48)37-31(45)49-18-6-5-17-39(2)42(46)38-50-20-40-29(43)25-7-3-4-8-26(25)30(40)44/h3-4,7-16,19H,5-6,17-18,20H2,1-2H3,(H,37,45). The van der Waals surface area contributed by atoms with Gasteiger partial charge in [0.15, 0.2) is 5.69 Å². The minimum atomic E-state index is -4.72. The van der Waals surface area contributed by atoms with Gasteiger partial charge in [0.05, 0.1) is 52.6 Å². The molecule has 0 bridgehead atoms. The monoisotopic (exact) mass is 729 g/mol. The Kier molecular flexibility index (Phi) is 10.6. The molecule has 3 aromatic carbocycles. The molecule has 0 aliphatic carbocycles. The van der Waals surface area contributed by atoms with E-state index in [4.69, 9.17) is 9.57 Å². The van der Waals surface area contributed by atoms with Crippen molar-refractivity contribution in [2.45, 2.75) is 30.8 Å². The molecule has 0 atom stereocenters. The molecule has 0 fully saturated rings. The number of aryl methyl sites for hydroxylation is 1. The third-order valence-electron chi connectivity index (χ3n) is 7.55. The number of hydrazine groups is 1. The number of carbonyl (C=O) groups excluding carboxylic acids is 3. The molecule has 0 spiro atoms. The second-order valence-electron chi connectivity index (χ2n) is 11.2. The largest absolute Gasteiger partial charge is 0.569 e. The second-order valence-corrected chi connectivity index (χ2v) is 12.9. The molecule has 1 aromatic heterocycles. The van der Waals surface area contributed by atoms with E-state index in [9.17, 15) is 41.2 Å². The highest BCUT2D eigenvalue weighted by Gasteiger charge is 2.36. The maximum atomic E-state index is 13.5. The summed E-state index contributed by atoms with van der Waals surface area (Å²) in [5, 5.41) is 20.3. The summed E-state index contributed by atoms with van der Waals surface area (Å²) in [6, 6.07) is 18.6. The van der Waals surface area contributed by atoms with E-state index >= 15 is 0 Å². The van der Waals surface area contributed by atoms with Crippen LogP contribution in [0.5, 0.6) is 0 Å². The first-order valence-electron chi connectivity index (χ1n) is 15.2. The molecule has 15 nitrogen and oxygen atoms in total. The van der Waals surface area contributed by atoms with E-state index in [1.807, 2.05) is 6.92 Å². The molecule has 1 aliphatic heterocycles. The zero-order chi connectivity index (χ0) is 36.9. The van der Waals surface area contributed by atoms with Gasteiger partial charge < -0.3 is 14.8 Å². The van der Waals surface area contributed by atoms with Crippen LogP contribution in [0.15, 0.2) is 89.0 Å². The molecule has 0 unspecified atom stereocenters. The van der Waals surface area contributed by atoms with Crippen LogP contribution < -0.4 is 4.72 Å². The number of ether oxygens (including phenoxy) is 1. The minimum Gasteiger partial charge on any atom is -0.569 e. The zero-order valence-electron chi connectivity index (χ0n) is 27.0. The van der Waals surface area contributed by atoms with Crippen molar-refractivity contribution in [2.24, 2.45) is 5.28 Å². The molecular weight excluding hydrogens is 699 g/mol. The van der Waals surface area contributed by atoms with E-state index in [0.717, 1.165) is 38.4 Å². The Morgan fingerprint density at radius 2 is 1.63 bits per heavy atom. The van der Waals surface area contributed by atoms with Crippen molar-refractivity contribution in [3.8, 4) is 16.9 Å². The Morgan fingerprint density at radius 1 is 1.00 bits per heavy atom. The van der Waals surface area contributed by atoms with E-state index in [0.29, 0.717) is 12.0 Å². The van der Waals surface area contributed by atoms with Gasteiger partial charge in [-0.1, -0.05) is 42.0 Å². The number of sulfonamides is 1. The molecule has 1 aliphatic rings. The van der Waals surface area contributed by atoms with Crippen molar-refractivity contribution in [1.29, 1.82) is 0 Å². The number of nitrogens with one attached hydrogen (secondary N) is 1. The summed E-state index contributed by atoms with van der Waals surface area (Å²) in [7, 11) is -3.02. The molecule has 0 saturated carbocycles. The highest BCUT2D eigenvalue weighted by Crippen LogP contribution is 2.33. The highest BCUT2D eigenvalue weighted by molar-refractivity contribution is 7.90. The van der Waals surface area contributed by atoms with Gasteiger partial charge in [0, 0.05) is 5.56 Å². The molecule has 1 N–H and O–H groups in total. The van der Waals surface area contributed by atoms with Crippen LogP contribution in [0.4, 0.5) is 18.0 Å². The van der Waals surface area contributed by atoms with Crippen LogP contribution in [0, 0.1) is 12.1 Å². The Labute approximate surface area is 289 Å². The van der Waals surface area contributed by atoms with Crippen molar-refractivity contribution in [3.63, 3.8) is 0 Å². The normalized spacial score (nSPS) is 13.3. The molecular formula is C32H30F3N7O8S. The van der Waals surface area contributed by atoms with Crippen molar-refractivity contribution in [3.05, 3.63) is 106 Å². The molecule has 19 heteroatoms. The summed E-state index contributed by atoms with van der Waals surface area (Å²) < 4.78 is 73.8. The SMILES string of the molecule is Cc1ccc(-c2cc(C(F)(F)F)nn2-c2ccc(S(=O)(=O)NC(=O)OCCCCN(C)[N+]([O-])=NOCN3C(=O)c4ccccc4C3=O)cc2)cc1. The number of carbonyl (C=O) groups is 3. The number of hydrogen-bond acceptors (Lipinski definition) is 10. The average Bonchev–Trinajstić information content (AvgIpc) is 3.65. The molecule has 3 amide bonds. The molecule has 0 radical (unpaired) electrons. The molecule has 2 heterocycles. The topological polar surface area (TPSA) is 179 Å². The number of fused-ring (bicyclic) bond motifs is 1. The van der Waals surface area contributed by atoms with Crippen LogP contribution in [0.1, 0.15) is 44.8 Å². The van der Waals surface area contributed by atoms with E-state index in [-0.39, 0.29) is 51.9 Å². The molecule has 4 aromatic rings. The number of hydrogen-bond donors (Lipinski definition) is 1. The van der Waals surface area contributed by atoms with Crippen molar-refractivity contribution in [2.75, 3.05) is 26.9 Å². The number of imide groups is 1. The predicted octanol–water partition coefficient (Wildman–Crippen LogP) is 5.06. The summed E-state index contributed by atoms with van der Waals surface area (Å²) in [5.41, 5.74) is 0.956. The lowest BCUT2D eigenvalue weighted by Gasteiger charge is -2.14. The number of alkyl halides is 3. The van der Waals surface area contributed by atoms with Crippen LogP contribution in [0.2, 0.25) is 0 Å². The third kappa shape index (κ3) is 8.43. The molecule has 268 valence electrons. The van der Waals surface area contributed by atoms with Gasteiger partial charge in [-0.15, -0.1) is 5.01 Å². The lowest BCUT2D eigenvalue weighted by atomic mass is 10.1.